The molecule has 27 heavy (non-hydrogen) atoms. The summed E-state index contributed by atoms with van der Waals surface area (Å²) in [4.78, 5) is 12.5. The molecule has 1 aliphatic heterocycles. The van der Waals surface area contributed by atoms with Crippen molar-refractivity contribution in [3.05, 3.63) is 60.2 Å². The van der Waals surface area contributed by atoms with Gasteiger partial charge in [-0.2, -0.15) is 0 Å². The van der Waals surface area contributed by atoms with Crippen LogP contribution in [0.5, 0.6) is 5.75 Å². The van der Waals surface area contributed by atoms with Crippen LogP contribution < -0.4 is 14.4 Å². The number of ether oxygens (including phenoxy) is 1. The van der Waals surface area contributed by atoms with Crippen LogP contribution in [0, 0.1) is 0 Å². The molecular weight excluding hydrogens is 364 g/mol. The van der Waals surface area contributed by atoms with Crippen molar-refractivity contribution in [3.8, 4) is 5.75 Å². The Morgan fingerprint density at radius 1 is 1.15 bits per heavy atom. The molecule has 1 N–H and O–H groups in total. The van der Waals surface area contributed by atoms with E-state index in [4.69, 9.17) is 4.74 Å². The number of carbonyl (C=O) groups excluding carboxylic acids is 1. The van der Waals surface area contributed by atoms with Gasteiger partial charge in [0.05, 0.1) is 11.9 Å². The Morgan fingerprint density at radius 2 is 1.85 bits per heavy atom. The van der Waals surface area contributed by atoms with Gasteiger partial charge in [0.25, 0.3) is 5.91 Å². The molecule has 0 spiro atoms. The van der Waals surface area contributed by atoms with Gasteiger partial charge in [-0.15, -0.1) is 0 Å². The number of hydrogen-bond acceptors (Lipinski definition) is 4. The summed E-state index contributed by atoms with van der Waals surface area (Å²) in [6.45, 7) is 0.753. The first kappa shape index (κ1) is 19.2. The number of sulfonamides is 1. The molecule has 0 saturated heterocycles. The molecule has 1 heterocycles. The van der Waals surface area contributed by atoms with Crippen LogP contribution in [-0.4, -0.2) is 39.8 Å². The van der Waals surface area contributed by atoms with Gasteiger partial charge >= 0.3 is 0 Å². The summed E-state index contributed by atoms with van der Waals surface area (Å²) in [5.74, 6) is 0.193. The van der Waals surface area contributed by atoms with Crippen molar-refractivity contribution in [3.63, 3.8) is 0 Å². The van der Waals surface area contributed by atoms with Gasteiger partial charge in [-0.25, -0.2) is 8.42 Å². The van der Waals surface area contributed by atoms with Gasteiger partial charge in [-0.05, 0) is 30.5 Å². The molecule has 1 amide bonds. The molecule has 0 aliphatic carbocycles. The Hall–Kier alpha value is -2.54. The number of anilines is 1. The van der Waals surface area contributed by atoms with Crippen molar-refractivity contribution in [2.75, 3.05) is 23.7 Å². The minimum atomic E-state index is -3.44. The second-order valence-corrected chi connectivity index (χ2v) is 8.49. The van der Waals surface area contributed by atoms with Crippen molar-refractivity contribution in [1.29, 1.82) is 0 Å². The van der Waals surface area contributed by atoms with Gasteiger partial charge in [-0.3, -0.25) is 9.10 Å². The Kier molecular flexibility index (Phi) is 6.01. The number of benzene rings is 2. The van der Waals surface area contributed by atoms with Gasteiger partial charge in [0, 0.05) is 19.5 Å². The molecule has 1 atom stereocenters. The molecule has 7 heteroatoms. The smallest absolute Gasteiger partial charge is 0.261 e. The van der Waals surface area contributed by atoms with E-state index in [9.17, 15) is 13.2 Å². The third-order valence-electron chi connectivity index (χ3n) is 4.47. The predicted octanol–water partition coefficient (Wildman–Crippen LogP) is 2.35. The van der Waals surface area contributed by atoms with Crippen LogP contribution in [0.15, 0.2) is 54.6 Å². The minimum absolute atomic E-state index is 0.206. The summed E-state index contributed by atoms with van der Waals surface area (Å²) in [5, 5.41) is 2.90. The molecule has 2 aromatic carbocycles. The van der Waals surface area contributed by atoms with E-state index in [1.54, 1.807) is 24.3 Å². The van der Waals surface area contributed by atoms with E-state index in [0.717, 1.165) is 19.1 Å². The zero-order valence-electron chi connectivity index (χ0n) is 15.3. The maximum Gasteiger partial charge on any atom is 0.261 e. The molecule has 2 aromatic rings. The second kappa shape index (κ2) is 8.43. The molecule has 0 radical (unpaired) electrons. The number of carbonyl (C=O) groups is 1. The predicted molar refractivity (Wildman–Crippen MR) is 105 cm³/mol. The lowest BCUT2D eigenvalue weighted by atomic mass is 10.1. The number of amides is 1. The summed E-state index contributed by atoms with van der Waals surface area (Å²) in [7, 11) is -3.44. The highest BCUT2D eigenvalue weighted by molar-refractivity contribution is 7.92. The minimum Gasteiger partial charge on any atom is -0.478 e. The number of aryl methyl sites for hydroxylation is 1. The van der Waals surface area contributed by atoms with E-state index in [1.807, 2.05) is 18.2 Å². The Labute approximate surface area is 160 Å². The third kappa shape index (κ3) is 5.01. The molecular formula is C20H24N2O4S. The highest BCUT2D eigenvalue weighted by atomic mass is 32.2. The number of rotatable bonds is 6. The quantitative estimate of drug-likeness (QED) is 0.771. The normalized spacial score (nSPS) is 16.8. The average Bonchev–Trinajstić information content (AvgIpc) is 2.85. The van der Waals surface area contributed by atoms with Crippen molar-refractivity contribution in [1.82, 2.24) is 5.32 Å². The monoisotopic (exact) mass is 388 g/mol. The fourth-order valence-corrected chi connectivity index (χ4v) is 4.07. The molecule has 1 aliphatic rings. The number of nitrogens with one attached hydrogen (secondary N) is 1. The molecule has 0 bridgehead atoms. The van der Waals surface area contributed by atoms with Crippen molar-refractivity contribution >= 4 is 21.6 Å². The molecule has 144 valence electrons. The van der Waals surface area contributed by atoms with Crippen molar-refractivity contribution < 1.29 is 17.9 Å². The first-order chi connectivity index (χ1) is 12.9. The maximum atomic E-state index is 12.5. The molecule has 0 saturated carbocycles. The van der Waals surface area contributed by atoms with E-state index in [-0.39, 0.29) is 12.5 Å². The second-order valence-electron chi connectivity index (χ2n) is 6.58. The molecule has 6 nitrogen and oxygen atoms in total. The van der Waals surface area contributed by atoms with Crippen LogP contribution in [0.4, 0.5) is 5.69 Å². The zero-order valence-corrected chi connectivity index (χ0v) is 16.1. The highest BCUT2D eigenvalue weighted by Gasteiger charge is 2.30. The van der Waals surface area contributed by atoms with Gasteiger partial charge < -0.3 is 10.1 Å². The standard InChI is InChI=1S/C20H24N2O4S/c1-27(24,25)22-15-13-19(26-18-12-6-5-11-17(18)22)20(23)21-14-7-10-16-8-3-2-4-9-16/h2-6,8-9,11-12,19H,7,10,13-15H2,1H3,(H,21,23)/t19-/m0/s1. The lowest BCUT2D eigenvalue weighted by molar-refractivity contribution is -0.128. The van der Waals surface area contributed by atoms with Crippen LogP contribution in [0.3, 0.4) is 0 Å². The lowest BCUT2D eigenvalue weighted by Gasteiger charge is -2.20. The number of fused-ring (bicyclic) bond motifs is 1. The topological polar surface area (TPSA) is 75.7 Å². The highest BCUT2D eigenvalue weighted by Crippen LogP contribution is 2.33. The first-order valence-corrected chi connectivity index (χ1v) is 10.8. The van der Waals surface area contributed by atoms with Crippen LogP contribution >= 0.6 is 0 Å². The van der Waals surface area contributed by atoms with Crippen molar-refractivity contribution in [2.24, 2.45) is 0 Å². The van der Waals surface area contributed by atoms with Crippen LogP contribution in [0.2, 0.25) is 0 Å². The van der Waals surface area contributed by atoms with E-state index in [2.05, 4.69) is 17.4 Å². The van der Waals surface area contributed by atoms with Gasteiger partial charge in [0.2, 0.25) is 10.0 Å². The van der Waals surface area contributed by atoms with E-state index < -0.39 is 16.1 Å². The third-order valence-corrected chi connectivity index (χ3v) is 5.65. The summed E-state index contributed by atoms with van der Waals surface area (Å²) in [6, 6.07) is 17.0. The summed E-state index contributed by atoms with van der Waals surface area (Å²) >= 11 is 0. The van der Waals surface area contributed by atoms with Crippen molar-refractivity contribution in [2.45, 2.75) is 25.4 Å². The van der Waals surface area contributed by atoms with Gasteiger partial charge in [-0.1, -0.05) is 42.5 Å². The van der Waals surface area contributed by atoms with Crippen LogP contribution in [0.1, 0.15) is 18.4 Å². The Balaban J connectivity index is 1.60. The van der Waals surface area contributed by atoms with Crippen LogP contribution in [-0.2, 0) is 21.2 Å². The summed E-state index contributed by atoms with van der Waals surface area (Å²) in [5.41, 5.74) is 1.70. The molecule has 0 fully saturated rings. The zero-order chi connectivity index (χ0) is 19.3. The fourth-order valence-electron chi connectivity index (χ4n) is 3.12. The van der Waals surface area contributed by atoms with Gasteiger partial charge in [0.15, 0.2) is 6.10 Å². The Morgan fingerprint density at radius 3 is 2.59 bits per heavy atom. The summed E-state index contributed by atoms with van der Waals surface area (Å²) < 4.78 is 31.3. The number of hydrogen-bond donors (Lipinski definition) is 1. The lowest BCUT2D eigenvalue weighted by Crippen LogP contribution is -2.40. The largest absolute Gasteiger partial charge is 0.478 e. The van der Waals surface area contributed by atoms with E-state index >= 15 is 0 Å². The SMILES string of the molecule is CS(=O)(=O)N1CC[C@@H](C(=O)NCCCc2ccccc2)Oc2ccccc21. The summed E-state index contributed by atoms with van der Waals surface area (Å²) in [6.07, 6.45) is 2.46. The van der Waals surface area contributed by atoms with E-state index in [1.165, 1.54) is 9.87 Å². The average molecular weight is 388 g/mol. The number of para-hydroxylation sites is 2. The fraction of sp³-hybridized carbons (Fsp3) is 0.350. The van der Waals surface area contributed by atoms with E-state index in [0.29, 0.717) is 24.4 Å². The first-order valence-electron chi connectivity index (χ1n) is 9.00. The maximum absolute atomic E-state index is 12.5. The molecule has 0 aromatic heterocycles. The molecule has 0 unspecified atom stereocenters. The number of nitrogens with zero attached hydrogens (tertiary/aromatic N) is 1. The Bertz CT molecular complexity index is 884. The van der Waals surface area contributed by atoms with Crippen LogP contribution in [0.25, 0.3) is 0 Å². The van der Waals surface area contributed by atoms with Gasteiger partial charge in [0.1, 0.15) is 5.75 Å². The molecule has 3 rings (SSSR count).